The Labute approximate surface area is 130 Å². The van der Waals surface area contributed by atoms with E-state index in [1.807, 2.05) is 38.1 Å². The van der Waals surface area contributed by atoms with Gasteiger partial charge < -0.3 is 10.4 Å². The fourth-order valence-electron chi connectivity index (χ4n) is 2.26. The highest BCUT2D eigenvalue weighted by Gasteiger charge is 2.21. The third-order valence-electron chi connectivity index (χ3n) is 3.42. The van der Waals surface area contributed by atoms with Crippen LogP contribution >= 0.6 is 0 Å². The van der Waals surface area contributed by atoms with E-state index >= 15 is 0 Å². The second-order valence-electron chi connectivity index (χ2n) is 5.50. The number of carboxylic acids is 1. The summed E-state index contributed by atoms with van der Waals surface area (Å²) in [5.41, 5.74) is 2.06. The Morgan fingerprint density at radius 2 is 1.82 bits per heavy atom. The second-order valence-corrected chi connectivity index (χ2v) is 5.50. The maximum atomic E-state index is 12.1. The van der Waals surface area contributed by atoms with Crippen molar-refractivity contribution >= 4 is 17.7 Å². The first-order valence-corrected chi connectivity index (χ1v) is 7.49. The number of Topliss-reactive ketones (excluding diaryl/α,β-unsaturated/α-hetero) is 1. The number of benzene rings is 1. The lowest BCUT2D eigenvalue weighted by atomic mass is 9.93. The van der Waals surface area contributed by atoms with Crippen LogP contribution in [-0.4, -0.2) is 29.3 Å². The third kappa shape index (κ3) is 6.52. The molecule has 2 N–H and O–H groups in total. The Balaban J connectivity index is 2.57. The molecular weight excluding hydrogens is 282 g/mol. The quantitative estimate of drug-likeness (QED) is 0.732. The lowest BCUT2D eigenvalue weighted by Crippen LogP contribution is -2.35. The minimum atomic E-state index is -1.09. The molecule has 5 heteroatoms. The van der Waals surface area contributed by atoms with Crippen LogP contribution in [0.4, 0.5) is 0 Å². The van der Waals surface area contributed by atoms with Crippen LogP contribution in [0.1, 0.15) is 37.3 Å². The Hall–Kier alpha value is -2.17. The van der Waals surface area contributed by atoms with E-state index in [2.05, 4.69) is 5.32 Å². The van der Waals surface area contributed by atoms with Crippen LogP contribution in [0.3, 0.4) is 0 Å². The van der Waals surface area contributed by atoms with Crippen molar-refractivity contribution in [3.63, 3.8) is 0 Å². The highest BCUT2D eigenvalue weighted by molar-refractivity contribution is 5.89. The minimum Gasteiger partial charge on any atom is -0.480 e. The molecule has 1 aromatic carbocycles. The van der Waals surface area contributed by atoms with Gasteiger partial charge in [0.15, 0.2) is 0 Å². The second kappa shape index (κ2) is 8.97. The molecule has 1 rings (SSSR count). The molecule has 0 aromatic heterocycles. The number of aliphatic carboxylic acids is 1. The average molecular weight is 305 g/mol. The normalized spacial score (nSPS) is 11.7. The van der Waals surface area contributed by atoms with Gasteiger partial charge in [0.1, 0.15) is 12.3 Å². The van der Waals surface area contributed by atoms with Crippen LogP contribution in [0, 0.1) is 12.8 Å². The van der Waals surface area contributed by atoms with Crippen molar-refractivity contribution in [1.82, 2.24) is 5.32 Å². The number of ketones is 1. The van der Waals surface area contributed by atoms with Crippen LogP contribution in [0.5, 0.6) is 0 Å². The molecule has 0 heterocycles. The van der Waals surface area contributed by atoms with Gasteiger partial charge in [-0.3, -0.25) is 14.4 Å². The average Bonchev–Trinajstić information content (AvgIpc) is 2.46. The number of amides is 1. The van der Waals surface area contributed by atoms with Gasteiger partial charge >= 0.3 is 5.97 Å². The predicted octanol–water partition coefficient (Wildman–Crippen LogP) is 2.11. The zero-order valence-corrected chi connectivity index (χ0v) is 13.1. The summed E-state index contributed by atoms with van der Waals surface area (Å²) >= 11 is 0. The molecule has 0 fully saturated rings. The van der Waals surface area contributed by atoms with Crippen molar-refractivity contribution in [2.24, 2.45) is 5.92 Å². The van der Waals surface area contributed by atoms with E-state index < -0.39 is 18.4 Å². The highest BCUT2D eigenvalue weighted by atomic mass is 16.4. The third-order valence-corrected chi connectivity index (χ3v) is 3.42. The van der Waals surface area contributed by atoms with E-state index in [0.717, 1.165) is 17.5 Å². The zero-order chi connectivity index (χ0) is 16.5. The summed E-state index contributed by atoms with van der Waals surface area (Å²) in [6, 6.07) is 7.72. The molecule has 0 aliphatic rings. The van der Waals surface area contributed by atoms with Crippen LogP contribution in [0.2, 0.25) is 0 Å². The Kier molecular flexibility index (Phi) is 7.29. The van der Waals surface area contributed by atoms with E-state index in [1.165, 1.54) is 0 Å². The van der Waals surface area contributed by atoms with Crippen molar-refractivity contribution in [2.75, 3.05) is 6.54 Å². The Morgan fingerprint density at radius 3 is 2.36 bits per heavy atom. The molecule has 1 amide bonds. The Morgan fingerprint density at radius 1 is 1.18 bits per heavy atom. The van der Waals surface area contributed by atoms with Crippen LogP contribution < -0.4 is 5.32 Å². The molecular formula is C17H23NO4. The molecule has 0 bridgehead atoms. The summed E-state index contributed by atoms with van der Waals surface area (Å²) in [6.45, 7) is 3.50. The topological polar surface area (TPSA) is 83.5 Å². The van der Waals surface area contributed by atoms with Crippen molar-refractivity contribution in [1.29, 1.82) is 0 Å². The van der Waals surface area contributed by atoms with Crippen LogP contribution in [0.15, 0.2) is 24.3 Å². The van der Waals surface area contributed by atoms with E-state index in [9.17, 15) is 14.4 Å². The van der Waals surface area contributed by atoms with Crippen molar-refractivity contribution < 1.29 is 19.5 Å². The summed E-state index contributed by atoms with van der Waals surface area (Å²) in [4.78, 5) is 34.6. The summed E-state index contributed by atoms with van der Waals surface area (Å²) in [6.07, 6.45) is 1.79. The number of carboxylic acid groups (broad SMARTS) is 1. The first-order chi connectivity index (χ1) is 10.4. The SMILES string of the molecule is CCC[C@H](CC(=O)Cc1ccc(C)cc1)C(=O)NCC(=O)O. The predicted molar refractivity (Wildman–Crippen MR) is 83.6 cm³/mol. The first kappa shape index (κ1) is 17.9. The van der Waals surface area contributed by atoms with E-state index in [0.29, 0.717) is 12.8 Å². The first-order valence-electron chi connectivity index (χ1n) is 7.49. The lowest BCUT2D eigenvalue weighted by molar-refractivity contribution is -0.138. The summed E-state index contributed by atoms with van der Waals surface area (Å²) in [5.74, 6) is -1.91. The van der Waals surface area contributed by atoms with Gasteiger partial charge in [0.05, 0.1) is 0 Å². The number of carbonyl (C=O) groups excluding carboxylic acids is 2. The molecule has 0 spiro atoms. The van der Waals surface area contributed by atoms with Gasteiger partial charge in [-0.15, -0.1) is 0 Å². The number of carbonyl (C=O) groups is 3. The molecule has 0 radical (unpaired) electrons. The molecule has 1 atom stereocenters. The fraction of sp³-hybridized carbons (Fsp3) is 0.471. The smallest absolute Gasteiger partial charge is 0.322 e. The fourth-order valence-corrected chi connectivity index (χ4v) is 2.26. The largest absolute Gasteiger partial charge is 0.480 e. The molecule has 22 heavy (non-hydrogen) atoms. The van der Waals surface area contributed by atoms with E-state index in [1.54, 1.807) is 0 Å². The molecule has 0 unspecified atom stereocenters. The zero-order valence-electron chi connectivity index (χ0n) is 13.1. The van der Waals surface area contributed by atoms with Crippen LogP contribution in [-0.2, 0) is 20.8 Å². The van der Waals surface area contributed by atoms with E-state index in [-0.39, 0.29) is 18.1 Å². The van der Waals surface area contributed by atoms with Gasteiger partial charge in [-0.2, -0.15) is 0 Å². The molecule has 5 nitrogen and oxygen atoms in total. The van der Waals surface area contributed by atoms with Crippen LogP contribution in [0.25, 0.3) is 0 Å². The summed E-state index contributed by atoms with van der Waals surface area (Å²) < 4.78 is 0. The number of aryl methyl sites for hydroxylation is 1. The number of hydrogen-bond acceptors (Lipinski definition) is 3. The molecule has 0 saturated carbocycles. The van der Waals surface area contributed by atoms with Gasteiger partial charge in [0, 0.05) is 18.8 Å². The minimum absolute atomic E-state index is 0.00669. The summed E-state index contributed by atoms with van der Waals surface area (Å²) in [7, 11) is 0. The van der Waals surface area contributed by atoms with Gasteiger partial charge in [-0.25, -0.2) is 0 Å². The number of hydrogen-bond donors (Lipinski definition) is 2. The van der Waals surface area contributed by atoms with Crippen molar-refractivity contribution in [2.45, 2.75) is 39.5 Å². The molecule has 0 aliphatic heterocycles. The maximum Gasteiger partial charge on any atom is 0.322 e. The lowest BCUT2D eigenvalue weighted by Gasteiger charge is -2.14. The number of rotatable bonds is 9. The van der Waals surface area contributed by atoms with Crippen molar-refractivity contribution in [3.8, 4) is 0 Å². The number of nitrogens with one attached hydrogen (secondary N) is 1. The van der Waals surface area contributed by atoms with Gasteiger partial charge in [-0.1, -0.05) is 43.2 Å². The molecule has 120 valence electrons. The Bertz CT molecular complexity index is 522. The standard InChI is InChI=1S/C17H23NO4/c1-3-4-14(17(22)18-11-16(20)21)10-15(19)9-13-7-5-12(2)6-8-13/h5-8,14H,3-4,9-11H2,1-2H3,(H,18,22)(H,20,21)/t14-/m1/s1. The van der Waals surface area contributed by atoms with Gasteiger partial charge in [-0.05, 0) is 18.9 Å². The van der Waals surface area contributed by atoms with Gasteiger partial charge in [0.2, 0.25) is 5.91 Å². The van der Waals surface area contributed by atoms with E-state index in [4.69, 9.17) is 5.11 Å². The maximum absolute atomic E-state index is 12.1. The molecule has 0 saturated heterocycles. The van der Waals surface area contributed by atoms with Crippen molar-refractivity contribution in [3.05, 3.63) is 35.4 Å². The summed E-state index contributed by atoms with van der Waals surface area (Å²) in [5, 5.41) is 10.9. The monoisotopic (exact) mass is 305 g/mol. The molecule has 0 aliphatic carbocycles. The van der Waals surface area contributed by atoms with Gasteiger partial charge in [0.25, 0.3) is 0 Å². The highest BCUT2D eigenvalue weighted by Crippen LogP contribution is 2.14. The molecule has 1 aromatic rings.